The van der Waals surface area contributed by atoms with E-state index < -0.39 is 0 Å². The van der Waals surface area contributed by atoms with Crippen molar-refractivity contribution in [2.45, 2.75) is 71.8 Å². The van der Waals surface area contributed by atoms with Crippen LogP contribution in [0, 0.1) is 11.8 Å². The van der Waals surface area contributed by atoms with Gasteiger partial charge in [-0.1, -0.05) is 20.8 Å². The minimum atomic E-state index is 0.373. The average molecular weight is 268 g/mol. The SMILES string of the molecule is CCNC1CC(C)CC(C)C1N1C[C@@H](C)O[C@@H](C)C1. The van der Waals surface area contributed by atoms with E-state index in [1.165, 1.54) is 12.8 Å². The van der Waals surface area contributed by atoms with E-state index in [-0.39, 0.29) is 0 Å². The average Bonchev–Trinajstić information content (AvgIpc) is 2.26. The third-order valence-electron chi connectivity index (χ3n) is 4.76. The van der Waals surface area contributed by atoms with Gasteiger partial charge in [0.15, 0.2) is 0 Å². The second-order valence-electron chi connectivity index (χ2n) is 6.92. The van der Waals surface area contributed by atoms with Gasteiger partial charge in [0.1, 0.15) is 0 Å². The van der Waals surface area contributed by atoms with E-state index in [1.54, 1.807) is 0 Å². The lowest BCUT2D eigenvalue weighted by molar-refractivity contribution is -0.0970. The zero-order valence-corrected chi connectivity index (χ0v) is 13.4. The van der Waals surface area contributed by atoms with E-state index in [0.717, 1.165) is 31.5 Å². The Morgan fingerprint density at radius 3 is 2.26 bits per heavy atom. The Morgan fingerprint density at radius 1 is 1.05 bits per heavy atom. The van der Waals surface area contributed by atoms with E-state index in [9.17, 15) is 0 Å². The summed E-state index contributed by atoms with van der Waals surface area (Å²) >= 11 is 0. The fourth-order valence-electron chi connectivity index (χ4n) is 4.38. The Kier molecular flexibility index (Phi) is 5.27. The summed E-state index contributed by atoms with van der Waals surface area (Å²) in [5, 5.41) is 3.74. The molecule has 0 aromatic carbocycles. The van der Waals surface area contributed by atoms with Crippen molar-refractivity contribution in [1.82, 2.24) is 10.2 Å². The Bertz CT molecular complexity index is 274. The van der Waals surface area contributed by atoms with Gasteiger partial charge in [0.25, 0.3) is 0 Å². The lowest BCUT2D eigenvalue weighted by Crippen LogP contribution is -2.61. The summed E-state index contributed by atoms with van der Waals surface area (Å²) in [5.41, 5.74) is 0. The lowest BCUT2D eigenvalue weighted by Gasteiger charge is -2.49. The first-order valence-corrected chi connectivity index (χ1v) is 8.14. The summed E-state index contributed by atoms with van der Waals surface area (Å²) in [4.78, 5) is 2.70. The molecule has 1 heterocycles. The molecule has 1 saturated heterocycles. The van der Waals surface area contributed by atoms with Gasteiger partial charge in [0, 0.05) is 25.2 Å². The molecule has 0 spiro atoms. The second-order valence-corrected chi connectivity index (χ2v) is 6.92. The van der Waals surface area contributed by atoms with Crippen LogP contribution in [-0.4, -0.2) is 48.8 Å². The molecule has 2 rings (SSSR count). The molecule has 0 aromatic heterocycles. The highest BCUT2D eigenvalue weighted by molar-refractivity contribution is 4.95. The van der Waals surface area contributed by atoms with Crippen LogP contribution >= 0.6 is 0 Å². The van der Waals surface area contributed by atoms with Crippen LogP contribution in [0.2, 0.25) is 0 Å². The van der Waals surface area contributed by atoms with Gasteiger partial charge in [-0.15, -0.1) is 0 Å². The molecular formula is C16H32N2O. The highest BCUT2D eigenvalue weighted by Crippen LogP contribution is 2.33. The molecule has 112 valence electrons. The third-order valence-corrected chi connectivity index (χ3v) is 4.76. The number of likely N-dealkylation sites (N-methyl/N-ethyl adjacent to an activating group) is 1. The molecule has 3 heteroatoms. The van der Waals surface area contributed by atoms with Crippen molar-refractivity contribution in [1.29, 1.82) is 0 Å². The predicted molar refractivity (Wildman–Crippen MR) is 80.4 cm³/mol. The van der Waals surface area contributed by atoms with Crippen molar-refractivity contribution in [3.05, 3.63) is 0 Å². The van der Waals surface area contributed by atoms with Crippen molar-refractivity contribution in [3.63, 3.8) is 0 Å². The number of nitrogens with one attached hydrogen (secondary N) is 1. The number of ether oxygens (including phenoxy) is 1. The summed E-state index contributed by atoms with van der Waals surface area (Å²) in [6.07, 6.45) is 3.44. The first-order valence-electron chi connectivity index (χ1n) is 8.14. The molecule has 1 saturated carbocycles. The molecule has 0 bridgehead atoms. The number of hydrogen-bond acceptors (Lipinski definition) is 3. The van der Waals surface area contributed by atoms with Crippen LogP contribution in [0.25, 0.3) is 0 Å². The van der Waals surface area contributed by atoms with Crippen LogP contribution < -0.4 is 5.32 Å². The summed E-state index contributed by atoms with van der Waals surface area (Å²) in [5.74, 6) is 1.64. The van der Waals surface area contributed by atoms with Gasteiger partial charge in [-0.2, -0.15) is 0 Å². The molecule has 1 aliphatic carbocycles. The van der Waals surface area contributed by atoms with Crippen LogP contribution in [0.15, 0.2) is 0 Å². The first kappa shape index (κ1) is 15.3. The Morgan fingerprint density at radius 2 is 1.68 bits per heavy atom. The highest BCUT2D eigenvalue weighted by Gasteiger charge is 2.39. The number of morpholine rings is 1. The zero-order valence-electron chi connectivity index (χ0n) is 13.4. The standard InChI is InChI=1S/C16H32N2O/c1-6-17-15-8-11(2)7-12(3)16(15)18-9-13(4)19-14(5)10-18/h11-17H,6-10H2,1-5H3/t11?,12?,13-,14+,15?,16?. The maximum absolute atomic E-state index is 5.90. The van der Waals surface area contributed by atoms with E-state index in [4.69, 9.17) is 4.74 Å². The van der Waals surface area contributed by atoms with Crippen LogP contribution in [0.5, 0.6) is 0 Å². The highest BCUT2D eigenvalue weighted by atomic mass is 16.5. The summed E-state index contributed by atoms with van der Waals surface area (Å²) in [6.45, 7) is 14.8. The molecule has 1 N–H and O–H groups in total. The number of nitrogens with zero attached hydrogens (tertiary/aromatic N) is 1. The minimum Gasteiger partial charge on any atom is -0.373 e. The first-order chi connectivity index (χ1) is 9.01. The van der Waals surface area contributed by atoms with Gasteiger partial charge < -0.3 is 10.1 Å². The van der Waals surface area contributed by atoms with Gasteiger partial charge in [0.05, 0.1) is 12.2 Å². The maximum atomic E-state index is 5.90. The smallest absolute Gasteiger partial charge is 0.0678 e. The fraction of sp³-hybridized carbons (Fsp3) is 1.00. The van der Waals surface area contributed by atoms with E-state index in [1.807, 2.05) is 0 Å². The second kappa shape index (κ2) is 6.55. The molecule has 0 radical (unpaired) electrons. The van der Waals surface area contributed by atoms with Gasteiger partial charge in [-0.05, 0) is 45.1 Å². The monoisotopic (exact) mass is 268 g/mol. The Labute approximate surface area is 119 Å². The van der Waals surface area contributed by atoms with Crippen LogP contribution in [0.4, 0.5) is 0 Å². The zero-order chi connectivity index (χ0) is 14.0. The minimum absolute atomic E-state index is 0.373. The van der Waals surface area contributed by atoms with Crippen LogP contribution in [0.3, 0.4) is 0 Å². The Hall–Kier alpha value is -0.120. The van der Waals surface area contributed by atoms with Gasteiger partial charge in [-0.25, -0.2) is 0 Å². The molecular weight excluding hydrogens is 236 g/mol. The molecule has 19 heavy (non-hydrogen) atoms. The van der Waals surface area contributed by atoms with Crippen molar-refractivity contribution >= 4 is 0 Å². The normalized spacial score (nSPS) is 45.3. The largest absolute Gasteiger partial charge is 0.373 e. The van der Waals surface area contributed by atoms with Gasteiger partial charge in [0.2, 0.25) is 0 Å². The van der Waals surface area contributed by atoms with Crippen LogP contribution in [0.1, 0.15) is 47.5 Å². The fourth-order valence-corrected chi connectivity index (χ4v) is 4.38. The molecule has 0 amide bonds. The summed E-state index contributed by atoms with van der Waals surface area (Å²) in [6, 6.07) is 1.34. The number of rotatable bonds is 3. The van der Waals surface area contributed by atoms with E-state index in [0.29, 0.717) is 24.3 Å². The Balaban J connectivity index is 2.09. The topological polar surface area (TPSA) is 24.5 Å². The summed E-state index contributed by atoms with van der Waals surface area (Å²) in [7, 11) is 0. The van der Waals surface area contributed by atoms with Gasteiger partial charge >= 0.3 is 0 Å². The molecule has 4 unspecified atom stereocenters. The maximum Gasteiger partial charge on any atom is 0.0678 e. The van der Waals surface area contributed by atoms with Crippen molar-refractivity contribution in [2.24, 2.45) is 11.8 Å². The molecule has 2 aliphatic rings. The predicted octanol–water partition coefficient (Wildman–Crippen LogP) is 2.51. The molecule has 6 atom stereocenters. The molecule has 2 fully saturated rings. The molecule has 3 nitrogen and oxygen atoms in total. The molecule has 0 aromatic rings. The van der Waals surface area contributed by atoms with Crippen molar-refractivity contribution in [2.75, 3.05) is 19.6 Å². The van der Waals surface area contributed by atoms with Crippen molar-refractivity contribution < 1.29 is 4.74 Å². The quantitative estimate of drug-likeness (QED) is 0.851. The summed E-state index contributed by atoms with van der Waals surface area (Å²) < 4.78 is 5.90. The lowest BCUT2D eigenvalue weighted by atomic mass is 9.75. The molecule has 1 aliphatic heterocycles. The van der Waals surface area contributed by atoms with Crippen molar-refractivity contribution in [3.8, 4) is 0 Å². The van der Waals surface area contributed by atoms with Crippen LogP contribution in [-0.2, 0) is 4.74 Å². The van der Waals surface area contributed by atoms with E-state index in [2.05, 4.69) is 44.8 Å². The van der Waals surface area contributed by atoms with Gasteiger partial charge in [-0.3, -0.25) is 4.90 Å². The number of hydrogen-bond donors (Lipinski definition) is 1. The third kappa shape index (κ3) is 3.71. The van der Waals surface area contributed by atoms with E-state index >= 15 is 0 Å².